The molecule has 0 saturated heterocycles. The van der Waals surface area contributed by atoms with E-state index in [0.29, 0.717) is 0 Å². The zero-order valence-electron chi connectivity index (χ0n) is 2.44. The van der Waals surface area contributed by atoms with Gasteiger partial charge in [0.1, 0.15) is 0 Å². The molecule has 0 atom stereocenters. The topological polar surface area (TPSA) is 26.0 Å². The lowest BCUT2D eigenvalue weighted by Gasteiger charge is -1.63. The van der Waals surface area contributed by atoms with Crippen LogP contribution >= 0.6 is 0 Å². The van der Waals surface area contributed by atoms with Gasteiger partial charge in [-0.15, -0.1) is 0 Å². The van der Waals surface area contributed by atoms with Crippen LogP contribution in [0.15, 0.2) is 0 Å². The summed E-state index contributed by atoms with van der Waals surface area (Å²) in [5, 5.41) is 0. The Morgan fingerprint density at radius 1 is 2.00 bits per heavy atom. The smallest absolute Gasteiger partial charge is 0.173 e. The molecule has 0 aliphatic heterocycles. The summed E-state index contributed by atoms with van der Waals surface area (Å²) in [6.07, 6.45) is 0. The molecular formula is H4B2NSi. The minimum atomic E-state index is -0.423. The third-order valence-corrected chi connectivity index (χ3v) is 0.408. The Bertz CT molecular complexity index is 8.00. The molecule has 0 rings (SSSR count). The lowest BCUT2D eigenvalue weighted by atomic mass is 10.5. The predicted molar refractivity (Wildman–Crippen MR) is 24.2 cm³/mol. The van der Waals surface area contributed by atoms with Crippen molar-refractivity contribution < 1.29 is 0 Å². The normalized spacial score (nSPS) is 9.25. The van der Waals surface area contributed by atoms with Crippen LogP contribution in [0.4, 0.5) is 0 Å². The van der Waals surface area contributed by atoms with E-state index in [2.05, 4.69) is 0 Å². The van der Waals surface area contributed by atoms with E-state index in [1.807, 2.05) is 0 Å². The van der Waals surface area contributed by atoms with Crippen LogP contribution < -0.4 is 5.64 Å². The van der Waals surface area contributed by atoms with Crippen LogP contribution in [-0.4, -0.2) is 23.7 Å². The minimum absolute atomic E-state index is 0.423. The second-order valence-corrected chi connectivity index (χ2v) is 1.41. The van der Waals surface area contributed by atoms with Gasteiger partial charge in [0, 0.05) is 7.44 Å². The largest absolute Gasteiger partial charge is 0.378 e. The molecule has 0 heterocycles. The molecule has 0 aromatic rings. The van der Waals surface area contributed by atoms with Gasteiger partial charge < -0.3 is 5.64 Å². The maximum Gasteiger partial charge on any atom is 0.173 e. The second-order valence-electron chi connectivity index (χ2n) is 0.471. The zero-order chi connectivity index (χ0) is 3.41. The number of hydrogen-bond donors (Lipinski definition) is 1. The number of nitrogens with two attached hydrogens (primary N) is 1. The Hall–Kier alpha value is 0.307. The fourth-order valence-corrected chi connectivity index (χ4v) is 0. The molecule has 0 aromatic carbocycles. The SMILES string of the molecule is [B][SiH2][B]N. The van der Waals surface area contributed by atoms with Crippen molar-refractivity contribution >= 4 is 23.7 Å². The van der Waals surface area contributed by atoms with E-state index in [1.165, 1.54) is 0 Å². The first-order valence-corrected chi connectivity index (χ1v) is 2.78. The molecule has 0 aliphatic rings. The summed E-state index contributed by atoms with van der Waals surface area (Å²) in [5.41, 5.74) is 4.84. The maximum atomic E-state index is 4.99. The van der Waals surface area contributed by atoms with E-state index < -0.39 is 9.26 Å². The fraction of sp³-hybridized carbons (Fsp3) is 0. The first-order valence-electron chi connectivity index (χ1n) is 1.15. The zero-order valence-corrected chi connectivity index (χ0v) is 3.85. The maximum absolute atomic E-state index is 4.99. The van der Waals surface area contributed by atoms with Crippen LogP contribution in [-0.2, 0) is 0 Å². The monoisotopic (exact) mass is 68.0 g/mol. The highest BCUT2D eigenvalue weighted by Crippen LogP contribution is 1.17. The Labute approximate surface area is 30.3 Å². The molecule has 0 bridgehead atoms. The van der Waals surface area contributed by atoms with Crippen LogP contribution in [0.3, 0.4) is 0 Å². The molecule has 0 aliphatic carbocycles. The van der Waals surface area contributed by atoms with E-state index in [0.717, 1.165) is 0 Å². The highest BCUT2D eigenvalue weighted by atomic mass is 28.2. The summed E-state index contributed by atoms with van der Waals surface area (Å²) in [6.45, 7) is 0. The molecule has 0 spiro atoms. The summed E-state index contributed by atoms with van der Waals surface area (Å²) in [6, 6.07) is 0. The predicted octanol–water partition coefficient (Wildman–Crippen LogP) is -2.27. The van der Waals surface area contributed by atoms with Crippen molar-refractivity contribution in [2.45, 2.75) is 0 Å². The Morgan fingerprint density at radius 3 is 2.25 bits per heavy atom. The Balaban J connectivity index is 1.97. The van der Waals surface area contributed by atoms with Crippen molar-refractivity contribution in [3.8, 4) is 0 Å². The van der Waals surface area contributed by atoms with Crippen molar-refractivity contribution in [3.63, 3.8) is 0 Å². The molecule has 4 heteroatoms. The van der Waals surface area contributed by atoms with Crippen molar-refractivity contribution in [3.05, 3.63) is 0 Å². The molecule has 4 heavy (non-hydrogen) atoms. The highest BCUT2D eigenvalue weighted by molar-refractivity contribution is 7.22. The molecule has 19 valence electrons. The third-order valence-electron chi connectivity index (χ3n) is 0.136. The van der Waals surface area contributed by atoms with Gasteiger partial charge in [-0.1, -0.05) is 0 Å². The summed E-state index contributed by atoms with van der Waals surface area (Å²) in [7, 11) is 6.10. The Kier molecular flexibility index (Phi) is 3.56. The van der Waals surface area contributed by atoms with Gasteiger partial charge >= 0.3 is 0 Å². The molecular weight excluding hydrogens is 63.7 g/mol. The fourth-order valence-electron chi connectivity index (χ4n) is 0. The van der Waals surface area contributed by atoms with E-state index in [9.17, 15) is 0 Å². The first kappa shape index (κ1) is 4.31. The number of rotatable bonds is 1. The average molecular weight is 67.7 g/mol. The Morgan fingerprint density at radius 2 is 2.25 bits per heavy atom. The number of hydrogen-bond acceptors (Lipinski definition) is 1. The molecule has 3 radical (unpaired) electrons. The molecule has 1 nitrogen and oxygen atoms in total. The van der Waals surface area contributed by atoms with Crippen molar-refractivity contribution in [1.82, 2.24) is 0 Å². The van der Waals surface area contributed by atoms with E-state index in [1.54, 1.807) is 7.01 Å². The van der Waals surface area contributed by atoms with Crippen LogP contribution in [0, 0.1) is 0 Å². The lowest BCUT2D eigenvalue weighted by Crippen LogP contribution is -2.13. The van der Waals surface area contributed by atoms with Crippen LogP contribution in [0.5, 0.6) is 0 Å². The minimum Gasteiger partial charge on any atom is -0.378 e. The van der Waals surface area contributed by atoms with Crippen molar-refractivity contribution in [2.75, 3.05) is 0 Å². The van der Waals surface area contributed by atoms with E-state index in [4.69, 9.17) is 13.1 Å². The molecule has 0 aromatic heterocycles. The summed E-state index contributed by atoms with van der Waals surface area (Å²) in [4.78, 5) is 0. The molecule has 0 fully saturated rings. The van der Waals surface area contributed by atoms with E-state index in [-0.39, 0.29) is 0 Å². The molecule has 0 saturated carbocycles. The molecule has 0 amide bonds. The van der Waals surface area contributed by atoms with Crippen LogP contribution in [0.1, 0.15) is 0 Å². The van der Waals surface area contributed by atoms with Gasteiger partial charge in [-0.25, -0.2) is 0 Å². The van der Waals surface area contributed by atoms with Crippen LogP contribution in [0.25, 0.3) is 0 Å². The van der Waals surface area contributed by atoms with Crippen molar-refractivity contribution in [1.29, 1.82) is 0 Å². The highest BCUT2D eigenvalue weighted by Gasteiger charge is 1.63. The summed E-state index contributed by atoms with van der Waals surface area (Å²) >= 11 is 0. The van der Waals surface area contributed by atoms with E-state index >= 15 is 0 Å². The molecule has 0 unspecified atom stereocenters. The van der Waals surface area contributed by atoms with Gasteiger partial charge in [0.25, 0.3) is 0 Å². The standard InChI is InChI=1S/B2H4NSi/c1-4-2-3/h3-4H2. The van der Waals surface area contributed by atoms with Gasteiger partial charge in [0.15, 0.2) is 7.01 Å². The average Bonchev–Trinajstić information content (AvgIpc) is 1.37. The second kappa shape index (κ2) is 3.31. The van der Waals surface area contributed by atoms with Gasteiger partial charge in [0.2, 0.25) is 0 Å². The van der Waals surface area contributed by atoms with Gasteiger partial charge in [0.05, 0.1) is 0 Å². The van der Waals surface area contributed by atoms with Crippen molar-refractivity contribution in [2.24, 2.45) is 5.64 Å². The quantitative estimate of drug-likeness (QED) is 0.344. The summed E-state index contributed by atoms with van der Waals surface area (Å²) in [5.74, 6) is 0. The lowest BCUT2D eigenvalue weighted by molar-refractivity contribution is 1.98. The van der Waals surface area contributed by atoms with Gasteiger partial charge in [-0.3, -0.25) is 0 Å². The van der Waals surface area contributed by atoms with Crippen LogP contribution in [0.2, 0.25) is 0 Å². The first-order chi connectivity index (χ1) is 1.91. The summed E-state index contributed by atoms with van der Waals surface area (Å²) < 4.78 is 0. The third kappa shape index (κ3) is 2.31. The van der Waals surface area contributed by atoms with Gasteiger partial charge in [-0.2, -0.15) is 0 Å². The van der Waals surface area contributed by atoms with Gasteiger partial charge in [-0.05, 0) is 9.26 Å². The molecule has 2 N–H and O–H groups in total.